The number of aromatic nitrogens is 2. The Morgan fingerprint density at radius 1 is 1.14 bits per heavy atom. The summed E-state index contributed by atoms with van der Waals surface area (Å²) in [4.78, 5) is 11.7. The molecule has 11 nitrogen and oxygen atoms in total. The molecule has 1 aliphatic rings. The zero-order valence-corrected chi connectivity index (χ0v) is 20.1. The van der Waals surface area contributed by atoms with Crippen molar-refractivity contribution in [1.82, 2.24) is 9.78 Å². The third-order valence-electron chi connectivity index (χ3n) is 5.50. The summed E-state index contributed by atoms with van der Waals surface area (Å²) in [5.41, 5.74) is 0.159. The number of benzene rings is 1. The summed E-state index contributed by atoms with van der Waals surface area (Å²) in [5, 5.41) is 35.6. The molecule has 0 unspecified atom stereocenters. The van der Waals surface area contributed by atoms with Gasteiger partial charge >= 0.3 is 6.16 Å². The Labute approximate surface area is 235 Å². The minimum Gasteiger partial charge on any atom is -0.491 e. The summed E-state index contributed by atoms with van der Waals surface area (Å²) in [6.45, 7) is -10.9. The lowest BCUT2D eigenvalue weighted by molar-refractivity contribution is -0.278. The fourth-order valence-electron chi connectivity index (χ4n) is 3.62. The van der Waals surface area contributed by atoms with Gasteiger partial charge in [0.1, 0.15) is 36.8 Å². The van der Waals surface area contributed by atoms with Crippen LogP contribution in [-0.4, -0.2) is 81.3 Å². The van der Waals surface area contributed by atoms with Crippen LogP contribution >= 0.6 is 0 Å². The molecule has 0 amide bonds. The average Bonchev–Trinajstić information content (AvgIpc) is 3.27. The topological polar surface area (TPSA) is 142 Å². The highest BCUT2D eigenvalue weighted by molar-refractivity contribution is 5.59. The van der Waals surface area contributed by atoms with Crippen LogP contribution in [0.4, 0.5) is 4.79 Å². The first-order valence-corrected chi connectivity index (χ1v) is 11.2. The van der Waals surface area contributed by atoms with Crippen LogP contribution in [0.1, 0.15) is 75.0 Å². The van der Waals surface area contributed by atoms with Crippen LogP contribution < -0.4 is 9.47 Å². The molecule has 0 spiro atoms. The van der Waals surface area contributed by atoms with E-state index in [9.17, 15) is 20.1 Å². The molecule has 2 aromatic rings. The second kappa shape index (κ2) is 12.6. The van der Waals surface area contributed by atoms with E-state index in [2.05, 4.69) is 9.84 Å². The highest BCUT2D eigenvalue weighted by atomic mass is 16.7. The van der Waals surface area contributed by atoms with Crippen molar-refractivity contribution < 1.29 is 61.6 Å². The molecule has 1 fully saturated rings. The molecule has 1 aromatic heterocycles. The maximum absolute atomic E-state index is 11.7. The molecule has 0 radical (unpaired) electrons. The van der Waals surface area contributed by atoms with Gasteiger partial charge < -0.3 is 39.0 Å². The van der Waals surface area contributed by atoms with Crippen molar-refractivity contribution in [1.29, 1.82) is 0 Å². The Bertz CT molecular complexity index is 1430. The van der Waals surface area contributed by atoms with Gasteiger partial charge in [0.15, 0.2) is 0 Å². The van der Waals surface area contributed by atoms with E-state index in [4.69, 9.17) is 36.8 Å². The Morgan fingerprint density at radius 3 is 2.51 bits per heavy atom. The van der Waals surface area contributed by atoms with Gasteiger partial charge in [-0.05, 0) is 59.0 Å². The quantitative estimate of drug-likeness (QED) is 0.389. The van der Waals surface area contributed by atoms with E-state index in [-0.39, 0.29) is 30.0 Å². The lowest BCUT2D eigenvalue weighted by Gasteiger charge is -2.39. The second-order valence-electron chi connectivity index (χ2n) is 8.07. The summed E-state index contributed by atoms with van der Waals surface area (Å²) >= 11 is 0. The summed E-state index contributed by atoms with van der Waals surface area (Å²) in [6, 6.07) is 1.94. The highest BCUT2D eigenvalue weighted by Gasteiger charge is 2.46. The Hall–Kier alpha value is -2.86. The van der Waals surface area contributed by atoms with Crippen LogP contribution in [0.25, 0.3) is 0 Å². The zero-order chi connectivity index (χ0) is 38.2. The van der Waals surface area contributed by atoms with Crippen molar-refractivity contribution in [3.63, 3.8) is 0 Å². The van der Waals surface area contributed by atoms with E-state index in [1.807, 2.05) is 0 Å². The van der Waals surface area contributed by atoms with Gasteiger partial charge in [0.2, 0.25) is 12.2 Å². The van der Waals surface area contributed by atoms with Crippen LogP contribution in [0.5, 0.6) is 11.6 Å². The molecule has 1 aliphatic heterocycles. The molecule has 0 saturated carbocycles. The standard InChI is InChI=1S/C26H38N2O9/c1-7-33-26(32)34-13-20-21(29)22(30)23(31)25(36-20)37-24-19(16(6)28(27-24)14(2)3)12-17-8-10-18(11-9-17)35-15(4)5/h8-11,14-15,20-23,25,29-31H,7,12-13H2,1-6H3/t20-,21-,22+,23-,25+/m1/s1/i2D3,3D3,4D3,5D3,14D. The normalized spacial score (nSPS) is 30.6. The number of rotatable bonds is 10. The van der Waals surface area contributed by atoms with Crippen molar-refractivity contribution >= 4 is 6.16 Å². The summed E-state index contributed by atoms with van der Waals surface area (Å²) in [6.07, 6.45) is -12.6. The third-order valence-corrected chi connectivity index (χ3v) is 5.50. The monoisotopic (exact) mass is 535 g/mol. The fraction of sp³-hybridized carbons (Fsp3) is 0.615. The number of ether oxygens (including phenoxy) is 5. The molecule has 37 heavy (non-hydrogen) atoms. The van der Waals surface area contributed by atoms with Crippen LogP contribution in [-0.2, 0) is 20.6 Å². The third kappa shape index (κ3) is 7.13. The summed E-state index contributed by atoms with van der Waals surface area (Å²) in [7, 11) is 0. The van der Waals surface area contributed by atoms with Crippen molar-refractivity contribution in [2.24, 2.45) is 0 Å². The second-order valence-corrected chi connectivity index (χ2v) is 8.07. The van der Waals surface area contributed by atoms with E-state index in [0.717, 1.165) is 0 Å². The first-order chi connectivity index (χ1) is 22.7. The van der Waals surface area contributed by atoms with Crippen molar-refractivity contribution in [2.75, 3.05) is 13.2 Å². The van der Waals surface area contributed by atoms with Crippen LogP contribution in [0.15, 0.2) is 24.3 Å². The molecule has 1 aromatic carbocycles. The van der Waals surface area contributed by atoms with E-state index in [1.54, 1.807) is 0 Å². The van der Waals surface area contributed by atoms with Gasteiger partial charge in [0.25, 0.3) is 0 Å². The minimum absolute atomic E-state index is 0.0256. The number of hydrogen-bond acceptors (Lipinski definition) is 10. The van der Waals surface area contributed by atoms with Crippen LogP contribution in [0.3, 0.4) is 0 Å². The van der Waals surface area contributed by atoms with Gasteiger partial charge in [0.05, 0.1) is 14.1 Å². The molecule has 3 N–H and O–H groups in total. The molecule has 0 bridgehead atoms. The number of aliphatic hydroxyl groups is 3. The Morgan fingerprint density at radius 2 is 1.86 bits per heavy atom. The molecular formula is C26H38N2O9. The van der Waals surface area contributed by atoms with Gasteiger partial charge in [-0.1, -0.05) is 12.1 Å². The smallest absolute Gasteiger partial charge is 0.491 e. The molecule has 0 aliphatic carbocycles. The van der Waals surface area contributed by atoms with Gasteiger partial charge in [-0.15, -0.1) is 5.10 Å². The van der Waals surface area contributed by atoms with E-state index < -0.39 is 88.9 Å². The maximum Gasteiger partial charge on any atom is 0.508 e. The number of hydrogen-bond donors (Lipinski definition) is 3. The minimum atomic E-state index is -3.48. The zero-order valence-electron chi connectivity index (χ0n) is 33.1. The predicted molar refractivity (Wildman–Crippen MR) is 133 cm³/mol. The fourth-order valence-corrected chi connectivity index (χ4v) is 3.62. The van der Waals surface area contributed by atoms with E-state index >= 15 is 0 Å². The lowest BCUT2D eigenvalue weighted by atomic mass is 9.99. The number of aliphatic hydroxyl groups excluding tert-OH is 3. The molecule has 2 heterocycles. The molecule has 206 valence electrons. The Kier molecular flexibility index (Phi) is 5.28. The summed E-state index contributed by atoms with van der Waals surface area (Å²) < 4.78 is 128. The molecule has 5 atom stereocenters. The van der Waals surface area contributed by atoms with Gasteiger partial charge in [0, 0.05) is 40.1 Å². The highest BCUT2D eigenvalue weighted by Crippen LogP contribution is 2.31. The lowest BCUT2D eigenvalue weighted by Crippen LogP contribution is -2.60. The average molecular weight is 536 g/mol. The Balaban J connectivity index is 2.06. The summed E-state index contributed by atoms with van der Waals surface area (Å²) in [5.74, 6) is -0.664. The van der Waals surface area contributed by atoms with Gasteiger partial charge in [-0.3, -0.25) is 4.68 Å². The molecule has 1 saturated heterocycles. The van der Waals surface area contributed by atoms with E-state index in [1.165, 1.54) is 38.1 Å². The van der Waals surface area contributed by atoms with Crippen LogP contribution in [0, 0.1) is 6.92 Å². The molecule has 11 heteroatoms. The largest absolute Gasteiger partial charge is 0.508 e. The van der Waals surface area contributed by atoms with Crippen molar-refractivity contribution in [2.45, 2.75) is 90.5 Å². The number of carbonyl (C=O) groups is 1. The first kappa shape index (κ1) is 15.5. The SMILES string of the molecule is [2H]C([2H])([2H])C(Oc1ccc(Cc2c(O[C@@H]3O[C@H](COC(=O)OCC)[C@@H](O)[C@H](O)[C@H]3O)nn(C([2H])(C([2H])([2H])[2H])C([2H])([2H])[2H])c2C)cc1)C([2H])([2H])[2H]. The number of nitrogens with zero attached hydrogens (tertiary/aromatic N) is 2. The molecular weight excluding hydrogens is 484 g/mol. The first-order valence-electron chi connectivity index (χ1n) is 17.7. The number of carbonyl (C=O) groups excluding carboxylic acids is 1. The van der Waals surface area contributed by atoms with Gasteiger partial charge in [-0.2, -0.15) is 0 Å². The maximum atomic E-state index is 11.7. The van der Waals surface area contributed by atoms with Crippen LogP contribution in [0.2, 0.25) is 0 Å². The van der Waals surface area contributed by atoms with Crippen molar-refractivity contribution in [3.8, 4) is 11.6 Å². The van der Waals surface area contributed by atoms with E-state index in [0.29, 0.717) is 10.2 Å². The van der Waals surface area contributed by atoms with Gasteiger partial charge in [-0.25, -0.2) is 4.79 Å². The predicted octanol–water partition coefficient (Wildman–Crippen LogP) is 2.51. The molecule has 3 rings (SSSR count). The van der Waals surface area contributed by atoms with Crippen molar-refractivity contribution in [3.05, 3.63) is 41.1 Å².